The van der Waals surface area contributed by atoms with Crippen molar-refractivity contribution >= 4 is 40.4 Å². The third-order valence-electron chi connectivity index (χ3n) is 3.21. The second-order valence-electron chi connectivity index (χ2n) is 4.59. The Bertz CT molecular complexity index is 837. The molecule has 1 aromatic carbocycles. The van der Waals surface area contributed by atoms with E-state index in [1.807, 2.05) is 35.9 Å². The summed E-state index contributed by atoms with van der Waals surface area (Å²) in [6.07, 6.45) is 1.94. The lowest BCUT2D eigenvalue weighted by Gasteiger charge is -2.00. The molecule has 0 saturated carbocycles. The predicted octanol–water partition coefficient (Wildman–Crippen LogP) is 4.97. The van der Waals surface area contributed by atoms with E-state index in [2.05, 4.69) is 4.98 Å². The maximum atomic E-state index is 11.2. The van der Waals surface area contributed by atoms with E-state index in [9.17, 15) is 4.79 Å². The van der Waals surface area contributed by atoms with Crippen LogP contribution in [-0.2, 0) is 0 Å². The third-order valence-corrected chi connectivity index (χ3v) is 6.35. The fourth-order valence-corrected chi connectivity index (χ4v) is 4.76. The van der Waals surface area contributed by atoms with E-state index in [4.69, 9.17) is 9.84 Å². The van der Waals surface area contributed by atoms with Crippen LogP contribution in [0.25, 0.3) is 21.8 Å². The number of benzene rings is 1. The second-order valence-corrected chi connectivity index (χ2v) is 7.57. The van der Waals surface area contributed by atoms with Crippen LogP contribution in [0.1, 0.15) is 9.67 Å². The number of thioether (sulfide) groups is 1. The van der Waals surface area contributed by atoms with Crippen molar-refractivity contribution in [2.24, 2.45) is 0 Å². The highest BCUT2D eigenvalue weighted by atomic mass is 32.2. The van der Waals surface area contributed by atoms with E-state index in [1.54, 1.807) is 24.9 Å². The molecule has 0 aliphatic carbocycles. The van der Waals surface area contributed by atoms with E-state index in [1.165, 1.54) is 22.7 Å². The number of ether oxygens (including phenoxy) is 1. The molecule has 118 valence electrons. The highest BCUT2D eigenvalue weighted by molar-refractivity contribution is 8.00. The third kappa shape index (κ3) is 3.26. The SMILES string of the molecule is COc1ccc(-c2csc(-c3cc(C(=O)O)sc3SC)n2)cc1. The van der Waals surface area contributed by atoms with Crippen LogP contribution in [0.2, 0.25) is 0 Å². The highest BCUT2D eigenvalue weighted by Crippen LogP contribution is 2.40. The Morgan fingerprint density at radius 1 is 1.30 bits per heavy atom. The lowest BCUT2D eigenvalue weighted by molar-refractivity contribution is 0.0702. The van der Waals surface area contributed by atoms with Crippen LogP contribution in [0.15, 0.2) is 39.9 Å². The quantitative estimate of drug-likeness (QED) is 0.649. The van der Waals surface area contributed by atoms with Crippen LogP contribution < -0.4 is 4.74 Å². The van der Waals surface area contributed by atoms with Gasteiger partial charge in [-0.1, -0.05) is 0 Å². The van der Waals surface area contributed by atoms with Gasteiger partial charge >= 0.3 is 5.97 Å². The Morgan fingerprint density at radius 2 is 2.04 bits per heavy atom. The molecular formula is C16H13NO3S3. The van der Waals surface area contributed by atoms with Gasteiger partial charge in [0, 0.05) is 16.5 Å². The Labute approximate surface area is 145 Å². The van der Waals surface area contributed by atoms with Gasteiger partial charge in [0.1, 0.15) is 15.6 Å². The minimum absolute atomic E-state index is 0.338. The molecule has 0 amide bonds. The highest BCUT2D eigenvalue weighted by Gasteiger charge is 2.17. The molecule has 0 fully saturated rings. The Kier molecular flexibility index (Phi) is 4.70. The summed E-state index contributed by atoms with van der Waals surface area (Å²) in [4.78, 5) is 16.2. The van der Waals surface area contributed by atoms with Crippen LogP contribution in [-0.4, -0.2) is 29.4 Å². The number of carbonyl (C=O) groups is 1. The molecule has 3 rings (SSSR count). The Hall–Kier alpha value is -1.83. The zero-order valence-electron chi connectivity index (χ0n) is 12.4. The zero-order chi connectivity index (χ0) is 16.4. The number of carboxylic acids is 1. The number of rotatable bonds is 5. The maximum Gasteiger partial charge on any atom is 0.345 e. The Morgan fingerprint density at radius 3 is 2.65 bits per heavy atom. The van der Waals surface area contributed by atoms with Gasteiger partial charge in [0.05, 0.1) is 17.0 Å². The van der Waals surface area contributed by atoms with Gasteiger partial charge in [0.25, 0.3) is 0 Å². The summed E-state index contributed by atoms with van der Waals surface area (Å²) in [6.45, 7) is 0. The number of thiazole rings is 1. The maximum absolute atomic E-state index is 11.2. The number of nitrogens with zero attached hydrogens (tertiary/aromatic N) is 1. The van der Waals surface area contributed by atoms with Crippen molar-refractivity contribution in [2.45, 2.75) is 4.21 Å². The van der Waals surface area contributed by atoms with E-state index >= 15 is 0 Å². The molecule has 0 bridgehead atoms. The molecule has 0 atom stereocenters. The van der Waals surface area contributed by atoms with Gasteiger partial charge in [-0.05, 0) is 36.6 Å². The van der Waals surface area contributed by atoms with E-state index in [0.717, 1.165) is 31.8 Å². The topological polar surface area (TPSA) is 59.4 Å². The van der Waals surface area contributed by atoms with Crippen LogP contribution in [0.3, 0.4) is 0 Å². The largest absolute Gasteiger partial charge is 0.497 e. The van der Waals surface area contributed by atoms with Gasteiger partial charge in [-0.15, -0.1) is 34.4 Å². The molecule has 1 N–H and O–H groups in total. The number of methoxy groups -OCH3 is 1. The molecular weight excluding hydrogens is 350 g/mol. The number of hydrogen-bond donors (Lipinski definition) is 1. The van der Waals surface area contributed by atoms with Crippen LogP contribution in [0.5, 0.6) is 5.75 Å². The molecule has 0 aliphatic rings. The average Bonchev–Trinajstić information content (AvgIpc) is 3.21. The summed E-state index contributed by atoms with van der Waals surface area (Å²) in [6, 6.07) is 9.42. The number of hydrogen-bond acceptors (Lipinski definition) is 6. The van der Waals surface area contributed by atoms with Crippen molar-refractivity contribution < 1.29 is 14.6 Å². The van der Waals surface area contributed by atoms with Gasteiger partial charge in [-0.2, -0.15) is 0 Å². The standard InChI is InChI=1S/C16H13NO3S3/c1-20-10-5-3-9(4-6-10)12-8-22-14(17-12)11-7-13(15(18)19)23-16(11)21-2/h3-8H,1-2H3,(H,18,19). The second kappa shape index (κ2) is 6.74. The van der Waals surface area contributed by atoms with Crippen LogP contribution >= 0.6 is 34.4 Å². The van der Waals surface area contributed by atoms with Gasteiger partial charge in [-0.25, -0.2) is 9.78 Å². The van der Waals surface area contributed by atoms with Crippen molar-refractivity contribution in [1.82, 2.24) is 4.98 Å². The molecule has 2 aromatic heterocycles. The van der Waals surface area contributed by atoms with E-state index in [0.29, 0.717) is 4.88 Å². The predicted molar refractivity (Wildman–Crippen MR) is 96.2 cm³/mol. The van der Waals surface area contributed by atoms with Gasteiger partial charge in [0.2, 0.25) is 0 Å². The van der Waals surface area contributed by atoms with E-state index in [-0.39, 0.29) is 0 Å². The number of thiophene rings is 1. The summed E-state index contributed by atoms with van der Waals surface area (Å²) in [5, 5.41) is 12.0. The molecule has 3 aromatic rings. The molecule has 4 nitrogen and oxygen atoms in total. The molecule has 0 saturated heterocycles. The number of carboxylic acid groups (broad SMARTS) is 1. The normalized spacial score (nSPS) is 10.7. The van der Waals surface area contributed by atoms with Crippen molar-refractivity contribution in [3.05, 3.63) is 40.6 Å². The minimum atomic E-state index is -0.900. The number of aromatic carboxylic acids is 1. The van der Waals surface area contributed by atoms with Crippen molar-refractivity contribution in [3.8, 4) is 27.6 Å². The first-order valence-corrected chi connectivity index (χ1v) is 9.56. The number of aromatic nitrogens is 1. The zero-order valence-corrected chi connectivity index (χ0v) is 14.8. The average molecular weight is 363 g/mol. The summed E-state index contributed by atoms with van der Waals surface area (Å²) in [5.41, 5.74) is 2.78. The first-order chi connectivity index (χ1) is 11.1. The smallest absolute Gasteiger partial charge is 0.345 e. The molecule has 23 heavy (non-hydrogen) atoms. The van der Waals surface area contributed by atoms with Crippen molar-refractivity contribution in [1.29, 1.82) is 0 Å². The van der Waals surface area contributed by atoms with E-state index < -0.39 is 5.97 Å². The monoisotopic (exact) mass is 363 g/mol. The lowest BCUT2D eigenvalue weighted by atomic mass is 10.2. The molecule has 0 unspecified atom stereocenters. The van der Waals surface area contributed by atoms with Gasteiger partial charge < -0.3 is 9.84 Å². The van der Waals surface area contributed by atoms with Crippen LogP contribution in [0.4, 0.5) is 0 Å². The molecule has 2 heterocycles. The van der Waals surface area contributed by atoms with Crippen molar-refractivity contribution in [3.63, 3.8) is 0 Å². The minimum Gasteiger partial charge on any atom is -0.497 e. The Balaban J connectivity index is 1.96. The summed E-state index contributed by atoms with van der Waals surface area (Å²) >= 11 is 4.35. The fraction of sp³-hybridized carbons (Fsp3) is 0.125. The summed E-state index contributed by atoms with van der Waals surface area (Å²) in [7, 11) is 1.64. The van der Waals surface area contributed by atoms with Gasteiger partial charge in [-0.3, -0.25) is 0 Å². The van der Waals surface area contributed by atoms with Gasteiger partial charge in [0.15, 0.2) is 0 Å². The molecule has 0 radical (unpaired) electrons. The summed E-state index contributed by atoms with van der Waals surface area (Å²) in [5.74, 6) is -0.0960. The molecule has 0 spiro atoms. The lowest BCUT2D eigenvalue weighted by Crippen LogP contribution is -1.89. The fourth-order valence-electron chi connectivity index (χ4n) is 2.07. The first-order valence-electron chi connectivity index (χ1n) is 6.64. The molecule has 7 heteroatoms. The van der Waals surface area contributed by atoms with Crippen LogP contribution in [0, 0.1) is 0 Å². The first kappa shape index (κ1) is 16.0. The molecule has 0 aliphatic heterocycles. The van der Waals surface area contributed by atoms with Crippen molar-refractivity contribution in [2.75, 3.05) is 13.4 Å². The summed E-state index contributed by atoms with van der Waals surface area (Å²) < 4.78 is 6.13.